The Hall–Kier alpha value is -1.95. The van der Waals surface area contributed by atoms with Crippen LogP contribution in [-0.4, -0.2) is 29.1 Å². The standard InChI is InChI=1S/C12H17N5O/c13-11-2-1-5-14-12(11)16-6-3-10(4-7-16)17-8-9-18-15-17/h1-2,5,8-10,15H,3-4,6-7,13H2. The molecule has 3 N–H and O–H groups in total. The van der Waals surface area contributed by atoms with Crippen LogP contribution >= 0.6 is 0 Å². The van der Waals surface area contributed by atoms with Crippen LogP contribution in [0.15, 0.2) is 30.8 Å². The fraction of sp³-hybridized carbons (Fsp3) is 0.417. The van der Waals surface area contributed by atoms with E-state index in [0.717, 1.165) is 37.4 Å². The van der Waals surface area contributed by atoms with Crippen molar-refractivity contribution in [1.82, 2.24) is 15.6 Å². The second-order valence-corrected chi connectivity index (χ2v) is 4.54. The van der Waals surface area contributed by atoms with Gasteiger partial charge in [0.25, 0.3) is 0 Å². The van der Waals surface area contributed by atoms with Crippen molar-refractivity contribution >= 4 is 11.5 Å². The van der Waals surface area contributed by atoms with E-state index in [1.807, 2.05) is 23.3 Å². The molecule has 0 saturated carbocycles. The number of hydrogen-bond acceptors (Lipinski definition) is 6. The normalized spacial score (nSPS) is 20.2. The third-order valence-corrected chi connectivity index (χ3v) is 3.42. The van der Waals surface area contributed by atoms with Gasteiger partial charge in [-0.05, 0) is 25.0 Å². The van der Waals surface area contributed by atoms with Gasteiger partial charge in [0.05, 0.1) is 17.9 Å². The highest BCUT2D eigenvalue weighted by Crippen LogP contribution is 2.25. The molecule has 1 aromatic rings. The van der Waals surface area contributed by atoms with Crippen LogP contribution in [0.1, 0.15) is 12.8 Å². The van der Waals surface area contributed by atoms with Crippen LogP contribution in [0.3, 0.4) is 0 Å². The summed E-state index contributed by atoms with van der Waals surface area (Å²) >= 11 is 0. The van der Waals surface area contributed by atoms with E-state index in [0.29, 0.717) is 6.04 Å². The molecule has 2 aliphatic heterocycles. The molecule has 6 heteroatoms. The first-order valence-electron chi connectivity index (χ1n) is 6.16. The highest BCUT2D eigenvalue weighted by atomic mass is 16.7. The summed E-state index contributed by atoms with van der Waals surface area (Å²) in [6, 6.07) is 4.22. The zero-order valence-corrected chi connectivity index (χ0v) is 10.1. The second kappa shape index (κ2) is 4.73. The highest BCUT2D eigenvalue weighted by Gasteiger charge is 2.25. The van der Waals surface area contributed by atoms with Crippen molar-refractivity contribution in [3.8, 4) is 0 Å². The van der Waals surface area contributed by atoms with E-state index in [1.165, 1.54) is 0 Å². The molecule has 0 radical (unpaired) electrons. The average Bonchev–Trinajstić information content (AvgIpc) is 2.94. The Morgan fingerprint density at radius 2 is 2.22 bits per heavy atom. The van der Waals surface area contributed by atoms with Crippen LogP contribution in [0.2, 0.25) is 0 Å². The summed E-state index contributed by atoms with van der Waals surface area (Å²) in [5, 5.41) is 2.01. The first-order valence-corrected chi connectivity index (χ1v) is 6.16. The number of nitrogens with zero attached hydrogens (tertiary/aromatic N) is 3. The summed E-state index contributed by atoms with van der Waals surface area (Å²) in [5.41, 5.74) is 9.55. The zero-order chi connectivity index (χ0) is 12.4. The second-order valence-electron chi connectivity index (χ2n) is 4.54. The Kier molecular flexibility index (Phi) is 2.93. The van der Waals surface area contributed by atoms with Gasteiger partial charge in [0, 0.05) is 19.3 Å². The fourth-order valence-electron chi connectivity index (χ4n) is 2.44. The Balaban J connectivity index is 1.63. The van der Waals surface area contributed by atoms with E-state index in [1.54, 1.807) is 12.5 Å². The summed E-state index contributed by atoms with van der Waals surface area (Å²) in [6.45, 7) is 1.91. The zero-order valence-electron chi connectivity index (χ0n) is 10.1. The maximum atomic E-state index is 5.95. The number of pyridine rings is 1. The minimum atomic E-state index is 0.463. The Morgan fingerprint density at radius 1 is 1.39 bits per heavy atom. The monoisotopic (exact) mass is 247 g/mol. The van der Waals surface area contributed by atoms with Crippen molar-refractivity contribution in [3.63, 3.8) is 0 Å². The molecule has 0 atom stereocenters. The molecule has 0 spiro atoms. The molecule has 1 fully saturated rings. The number of aromatic nitrogens is 1. The van der Waals surface area contributed by atoms with Gasteiger partial charge in [0.15, 0.2) is 5.82 Å². The third-order valence-electron chi connectivity index (χ3n) is 3.42. The Labute approximate surface area is 106 Å². The van der Waals surface area contributed by atoms with Gasteiger partial charge in [-0.25, -0.2) is 4.98 Å². The van der Waals surface area contributed by atoms with Gasteiger partial charge in [-0.1, -0.05) is 5.59 Å². The number of rotatable bonds is 2. The molecule has 6 nitrogen and oxygen atoms in total. The molecule has 2 aliphatic rings. The predicted octanol–water partition coefficient (Wildman–Crippen LogP) is 0.856. The number of anilines is 2. The molecule has 3 heterocycles. The summed E-state index contributed by atoms with van der Waals surface area (Å²) < 4.78 is 0. The van der Waals surface area contributed by atoms with Crippen LogP contribution in [-0.2, 0) is 4.84 Å². The largest absolute Gasteiger partial charge is 0.396 e. The first kappa shape index (κ1) is 11.2. The van der Waals surface area contributed by atoms with Gasteiger partial charge in [0.1, 0.15) is 6.26 Å². The maximum Gasteiger partial charge on any atom is 0.151 e. The van der Waals surface area contributed by atoms with Crippen molar-refractivity contribution in [2.75, 3.05) is 23.7 Å². The van der Waals surface area contributed by atoms with E-state index in [-0.39, 0.29) is 0 Å². The molecular formula is C12H17N5O. The third kappa shape index (κ3) is 2.06. The molecule has 18 heavy (non-hydrogen) atoms. The van der Waals surface area contributed by atoms with Crippen molar-refractivity contribution in [3.05, 3.63) is 30.8 Å². The van der Waals surface area contributed by atoms with Crippen LogP contribution in [0.4, 0.5) is 11.5 Å². The van der Waals surface area contributed by atoms with E-state index in [4.69, 9.17) is 10.6 Å². The minimum absolute atomic E-state index is 0.463. The van der Waals surface area contributed by atoms with Crippen LogP contribution in [0, 0.1) is 0 Å². The minimum Gasteiger partial charge on any atom is -0.396 e. The van der Waals surface area contributed by atoms with Crippen LogP contribution in [0.25, 0.3) is 0 Å². The summed E-state index contributed by atoms with van der Waals surface area (Å²) in [5.74, 6) is 0.900. The van der Waals surface area contributed by atoms with Crippen LogP contribution < -0.4 is 16.2 Å². The van der Waals surface area contributed by atoms with E-state index < -0.39 is 0 Å². The summed E-state index contributed by atoms with van der Waals surface area (Å²) in [6.07, 6.45) is 7.47. The lowest BCUT2D eigenvalue weighted by molar-refractivity contribution is 0.00428. The first-order chi connectivity index (χ1) is 8.84. The predicted molar refractivity (Wildman–Crippen MR) is 69.1 cm³/mol. The summed E-state index contributed by atoms with van der Waals surface area (Å²) in [4.78, 5) is 11.6. The summed E-state index contributed by atoms with van der Waals surface area (Å²) in [7, 11) is 0. The Bertz CT molecular complexity index is 442. The van der Waals surface area contributed by atoms with Crippen molar-refractivity contribution in [2.45, 2.75) is 18.9 Å². The van der Waals surface area contributed by atoms with Gasteiger partial charge in [0.2, 0.25) is 0 Å². The van der Waals surface area contributed by atoms with E-state index >= 15 is 0 Å². The highest BCUT2D eigenvalue weighted by molar-refractivity contribution is 5.62. The van der Waals surface area contributed by atoms with Gasteiger partial charge in [-0.2, -0.15) is 0 Å². The van der Waals surface area contributed by atoms with Gasteiger partial charge in [-0.3, -0.25) is 5.01 Å². The lowest BCUT2D eigenvalue weighted by Gasteiger charge is -2.36. The number of nitrogens with one attached hydrogen (secondary N) is 1. The molecule has 0 bridgehead atoms. The quantitative estimate of drug-likeness (QED) is 0.808. The molecule has 0 amide bonds. The van der Waals surface area contributed by atoms with Crippen molar-refractivity contribution in [2.24, 2.45) is 0 Å². The lowest BCUT2D eigenvalue weighted by Crippen LogP contribution is -2.46. The molecule has 3 rings (SSSR count). The topological polar surface area (TPSA) is 66.7 Å². The maximum absolute atomic E-state index is 5.95. The van der Waals surface area contributed by atoms with Crippen LogP contribution in [0.5, 0.6) is 0 Å². The molecular weight excluding hydrogens is 230 g/mol. The van der Waals surface area contributed by atoms with Gasteiger partial charge in [-0.15, -0.1) is 0 Å². The molecule has 1 saturated heterocycles. The van der Waals surface area contributed by atoms with Gasteiger partial charge >= 0.3 is 0 Å². The number of hydrogen-bond donors (Lipinski definition) is 2. The smallest absolute Gasteiger partial charge is 0.151 e. The van der Waals surface area contributed by atoms with Crippen molar-refractivity contribution in [1.29, 1.82) is 0 Å². The fourth-order valence-corrected chi connectivity index (χ4v) is 2.44. The number of nitrogens with two attached hydrogens (primary N) is 1. The molecule has 0 aliphatic carbocycles. The molecule has 96 valence electrons. The molecule has 0 unspecified atom stereocenters. The Morgan fingerprint density at radius 3 is 2.89 bits per heavy atom. The number of nitrogen functional groups attached to an aromatic ring is 1. The average molecular weight is 247 g/mol. The molecule has 0 aromatic carbocycles. The van der Waals surface area contributed by atoms with E-state index in [2.05, 4.69) is 15.5 Å². The SMILES string of the molecule is Nc1cccnc1N1CCC(N2C=CON2)CC1. The van der Waals surface area contributed by atoms with Crippen molar-refractivity contribution < 1.29 is 4.84 Å². The van der Waals surface area contributed by atoms with E-state index in [9.17, 15) is 0 Å². The molecule has 1 aromatic heterocycles. The van der Waals surface area contributed by atoms with Gasteiger partial charge < -0.3 is 15.5 Å². The lowest BCUT2D eigenvalue weighted by atomic mass is 10.0. The number of hydrazine groups is 1. The number of piperidine rings is 1.